The molecule has 2 aliphatic rings. The fourth-order valence-electron chi connectivity index (χ4n) is 4.58. The van der Waals surface area contributed by atoms with Crippen LogP contribution in [0.5, 0.6) is 5.75 Å². The summed E-state index contributed by atoms with van der Waals surface area (Å²) >= 11 is -2.33. The normalized spacial score (nSPS) is 19.0. The van der Waals surface area contributed by atoms with E-state index < -0.39 is 28.4 Å². The Kier molecular flexibility index (Phi) is 6.91. The molecule has 0 radical (unpaired) electrons. The smallest absolute Gasteiger partial charge is 0.200 e. The van der Waals surface area contributed by atoms with E-state index in [2.05, 4.69) is 24.7 Å². The number of ether oxygens (including phenoxy) is 1. The van der Waals surface area contributed by atoms with Crippen molar-refractivity contribution in [1.82, 2.24) is 24.7 Å². The number of nitrogens with zero attached hydrogens (tertiary/aromatic N) is 5. The van der Waals surface area contributed by atoms with Gasteiger partial charge < -0.3 is 14.2 Å². The Morgan fingerprint density at radius 3 is 2.72 bits per heavy atom. The molecule has 2 unspecified atom stereocenters. The molecule has 0 amide bonds. The lowest BCUT2D eigenvalue weighted by Gasteiger charge is -2.36. The predicted octanol–water partition coefficient (Wildman–Crippen LogP) is 3.41. The van der Waals surface area contributed by atoms with Crippen LogP contribution in [0.4, 0.5) is 14.5 Å². The van der Waals surface area contributed by atoms with Crippen LogP contribution < -0.4 is 14.4 Å². The molecular formula is C24H25F2N6O3S-. The maximum Gasteiger partial charge on any atom is 0.200 e. The summed E-state index contributed by atoms with van der Waals surface area (Å²) < 4.78 is 58.9. The molecular weight excluding hydrogens is 490 g/mol. The largest absolute Gasteiger partial charge is 0.760 e. The van der Waals surface area contributed by atoms with Crippen LogP contribution in [-0.2, 0) is 17.7 Å². The second-order valence-corrected chi connectivity index (χ2v) is 9.77. The molecule has 3 heterocycles. The van der Waals surface area contributed by atoms with Crippen molar-refractivity contribution in [2.45, 2.75) is 50.6 Å². The average molecular weight is 516 g/mol. The number of anilines is 1. The topological polar surface area (TPSA) is 116 Å². The number of nitrogens with one attached hydrogen (secondary N) is 1. The van der Waals surface area contributed by atoms with Crippen LogP contribution in [0.2, 0.25) is 0 Å². The van der Waals surface area contributed by atoms with E-state index in [1.54, 1.807) is 24.7 Å². The molecule has 0 spiro atoms. The van der Waals surface area contributed by atoms with Crippen molar-refractivity contribution in [3.8, 4) is 17.4 Å². The van der Waals surface area contributed by atoms with Crippen molar-refractivity contribution in [3.05, 3.63) is 59.7 Å². The second kappa shape index (κ2) is 10.1. The fraction of sp³-hybridized carbons (Fsp3) is 0.417. The summed E-state index contributed by atoms with van der Waals surface area (Å²) in [6.45, 7) is 2.65. The van der Waals surface area contributed by atoms with E-state index in [0.29, 0.717) is 43.1 Å². The summed E-state index contributed by atoms with van der Waals surface area (Å²) in [6, 6.07) is 4.22. The lowest BCUT2D eigenvalue weighted by atomic mass is 9.98. The second-order valence-electron chi connectivity index (χ2n) is 9.10. The number of benzene rings is 1. The van der Waals surface area contributed by atoms with Gasteiger partial charge in [0.2, 0.25) is 5.82 Å². The molecule has 1 saturated carbocycles. The number of halogens is 2. The van der Waals surface area contributed by atoms with Gasteiger partial charge in [-0.3, -0.25) is 4.21 Å². The van der Waals surface area contributed by atoms with Gasteiger partial charge in [0.25, 0.3) is 0 Å². The minimum atomic E-state index is -2.33. The van der Waals surface area contributed by atoms with Gasteiger partial charge in [-0.15, -0.1) is 0 Å². The van der Waals surface area contributed by atoms with Gasteiger partial charge in [-0.2, -0.15) is 4.39 Å². The fourth-order valence-corrected chi connectivity index (χ4v) is 5.24. The van der Waals surface area contributed by atoms with Crippen molar-refractivity contribution in [2.75, 3.05) is 18.1 Å². The third kappa shape index (κ3) is 5.20. The minimum absolute atomic E-state index is 0.144. The number of hydrogen-bond acceptors (Lipinski definition) is 8. The third-order valence-electron chi connectivity index (χ3n) is 6.69. The number of rotatable bonds is 9. The number of fused-ring (bicyclic) bond motifs is 1. The highest BCUT2D eigenvalue weighted by atomic mass is 32.2. The van der Waals surface area contributed by atoms with Crippen molar-refractivity contribution in [2.24, 2.45) is 0 Å². The molecule has 1 aliphatic carbocycles. The van der Waals surface area contributed by atoms with Crippen LogP contribution in [0.25, 0.3) is 11.6 Å². The standard InChI is InChI=1S/C24H26F2N6O3S/c1-15-17-14-29-23(22-27-8-3-9-28-22)30-19(17)4-10-32(15)16-12-18(25)21(26)20(13-16)35-11-2-5-24(6-7-24)31-36(33)34/h3,8-9,12-15,31H,2,4-7,10-11H2,1H3,(H,33,34)/p-1. The van der Waals surface area contributed by atoms with Gasteiger partial charge in [0, 0.05) is 71.7 Å². The van der Waals surface area contributed by atoms with E-state index in [-0.39, 0.29) is 18.4 Å². The molecule has 0 bridgehead atoms. The number of hydrogen-bond donors (Lipinski definition) is 1. The highest BCUT2D eigenvalue weighted by Gasteiger charge is 2.42. The molecule has 1 aromatic carbocycles. The SMILES string of the molecule is CC1c2cnc(-c3ncccn3)nc2CCN1c1cc(F)c(F)c(OCCCC2(NS(=O)[O-])CC2)c1. The molecule has 2 atom stereocenters. The maximum atomic E-state index is 14.5. The Morgan fingerprint density at radius 1 is 1.22 bits per heavy atom. The summed E-state index contributed by atoms with van der Waals surface area (Å²) in [5.74, 6) is -1.30. The third-order valence-corrected chi connectivity index (χ3v) is 7.29. The van der Waals surface area contributed by atoms with Crippen LogP contribution in [0.3, 0.4) is 0 Å². The predicted molar refractivity (Wildman–Crippen MR) is 128 cm³/mol. The Bertz CT molecular complexity index is 1280. The highest BCUT2D eigenvalue weighted by Crippen LogP contribution is 2.40. The van der Waals surface area contributed by atoms with Crippen molar-refractivity contribution in [3.63, 3.8) is 0 Å². The first-order valence-electron chi connectivity index (χ1n) is 11.7. The molecule has 1 fully saturated rings. The van der Waals surface area contributed by atoms with Crippen LogP contribution in [0, 0.1) is 11.6 Å². The molecule has 2 aromatic heterocycles. The monoisotopic (exact) mass is 515 g/mol. The zero-order chi connectivity index (χ0) is 25.3. The summed E-state index contributed by atoms with van der Waals surface area (Å²) in [5, 5.41) is 0. The van der Waals surface area contributed by atoms with Gasteiger partial charge in [0.1, 0.15) is 0 Å². The van der Waals surface area contributed by atoms with Gasteiger partial charge in [0.15, 0.2) is 23.2 Å². The van der Waals surface area contributed by atoms with Gasteiger partial charge in [-0.1, -0.05) is 0 Å². The van der Waals surface area contributed by atoms with Gasteiger partial charge in [-0.25, -0.2) is 29.0 Å². The van der Waals surface area contributed by atoms with Gasteiger partial charge >= 0.3 is 0 Å². The van der Waals surface area contributed by atoms with E-state index >= 15 is 0 Å². The molecule has 0 saturated heterocycles. The molecule has 3 aromatic rings. The van der Waals surface area contributed by atoms with E-state index in [4.69, 9.17) is 4.74 Å². The first kappa shape index (κ1) is 24.6. The lowest BCUT2D eigenvalue weighted by molar-refractivity contribution is 0.279. The Morgan fingerprint density at radius 2 is 2.00 bits per heavy atom. The van der Waals surface area contributed by atoms with Crippen LogP contribution in [0.15, 0.2) is 36.8 Å². The van der Waals surface area contributed by atoms with Crippen LogP contribution in [0.1, 0.15) is 49.9 Å². The van der Waals surface area contributed by atoms with Crippen molar-refractivity contribution in [1.29, 1.82) is 0 Å². The average Bonchev–Trinajstić information content (AvgIpc) is 3.63. The molecule has 36 heavy (non-hydrogen) atoms. The summed E-state index contributed by atoms with van der Waals surface area (Å²) in [6.07, 6.45) is 8.19. The van der Waals surface area contributed by atoms with E-state index in [1.165, 1.54) is 12.1 Å². The van der Waals surface area contributed by atoms with Crippen molar-refractivity contribution >= 4 is 17.0 Å². The lowest BCUT2D eigenvalue weighted by Crippen LogP contribution is -2.35. The van der Waals surface area contributed by atoms with Crippen LogP contribution >= 0.6 is 0 Å². The zero-order valence-corrected chi connectivity index (χ0v) is 20.4. The Labute approximate surface area is 209 Å². The molecule has 12 heteroatoms. The summed E-state index contributed by atoms with van der Waals surface area (Å²) in [5.41, 5.74) is 1.84. The van der Waals surface area contributed by atoms with Crippen molar-refractivity contribution < 1.29 is 22.3 Å². The molecule has 190 valence electrons. The molecule has 1 N–H and O–H groups in total. The highest BCUT2D eigenvalue weighted by molar-refractivity contribution is 7.77. The molecule has 9 nitrogen and oxygen atoms in total. The van der Waals surface area contributed by atoms with E-state index in [9.17, 15) is 17.5 Å². The van der Waals surface area contributed by atoms with Gasteiger partial charge in [0.05, 0.1) is 18.3 Å². The van der Waals surface area contributed by atoms with Crippen LogP contribution in [-0.4, -0.2) is 47.4 Å². The first-order valence-corrected chi connectivity index (χ1v) is 12.8. The Balaban J connectivity index is 1.28. The maximum absolute atomic E-state index is 14.5. The Hall–Kier alpha value is -3.09. The summed E-state index contributed by atoms with van der Waals surface area (Å²) in [7, 11) is 0. The quantitative estimate of drug-likeness (QED) is 0.341. The van der Waals surface area contributed by atoms with E-state index in [1.807, 2.05) is 11.8 Å². The number of aromatic nitrogens is 4. The summed E-state index contributed by atoms with van der Waals surface area (Å²) in [4.78, 5) is 19.4. The minimum Gasteiger partial charge on any atom is -0.760 e. The molecule has 1 aliphatic heterocycles. The first-order chi connectivity index (χ1) is 17.3. The van der Waals surface area contributed by atoms with Gasteiger partial charge in [-0.05, 0) is 38.7 Å². The zero-order valence-electron chi connectivity index (χ0n) is 19.6. The van der Waals surface area contributed by atoms with E-state index in [0.717, 1.165) is 24.1 Å². The molecule has 5 rings (SSSR count).